The van der Waals surface area contributed by atoms with Crippen molar-refractivity contribution >= 4 is 30.5 Å². The van der Waals surface area contributed by atoms with Crippen LogP contribution in [0.15, 0.2) is 4.66 Å². The summed E-state index contributed by atoms with van der Waals surface area (Å²) in [5, 5.41) is 0. The zero-order chi connectivity index (χ0) is 15.9. The van der Waals surface area contributed by atoms with Crippen molar-refractivity contribution in [3.8, 4) is 0 Å². The van der Waals surface area contributed by atoms with Crippen LogP contribution in [0.2, 0.25) is 58.9 Å². The van der Waals surface area contributed by atoms with Crippen molar-refractivity contribution in [2.45, 2.75) is 65.1 Å². The Labute approximate surface area is 118 Å². The minimum atomic E-state index is -4.36. The highest BCUT2D eigenvalue weighted by Crippen LogP contribution is 2.30. The summed E-state index contributed by atoms with van der Waals surface area (Å²) in [4.78, 5) is 0. The zero-order valence-electron chi connectivity index (χ0n) is 13.5. The molecule has 0 unspecified atom stereocenters. The van der Waals surface area contributed by atoms with E-state index < -0.39 is 36.7 Å². The van der Waals surface area contributed by atoms with Crippen molar-refractivity contribution in [1.82, 2.24) is 4.23 Å². The van der Waals surface area contributed by atoms with Crippen molar-refractivity contribution in [3.05, 3.63) is 0 Å². The van der Waals surface area contributed by atoms with Gasteiger partial charge in [0.05, 0.1) is 0 Å². The minimum absolute atomic E-state index is 0.620. The molecule has 114 valence electrons. The average molecular weight is 329 g/mol. The summed E-state index contributed by atoms with van der Waals surface area (Å²) in [6.45, 7) is 17.2. The maximum Gasteiger partial charge on any atom is 0.446 e. The van der Waals surface area contributed by atoms with E-state index in [0.29, 0.717) is 0 Å². The van der Waals surface area contributed by atoms with Crippen LogP contribution in [0.3, 0.4) is 0 Å². The Bertz CT molecular complexity index is 332. The van der Waals surface area contributed by atoms with Crippen LogP contribution in [-0.2, 0) is 0 Å². The van der Waals surface area contributed by atoms with Crippen LogP contribution in [0, 0.1) is 0 Å². The maximum absolute atomic E-state index is 13.5. The summed E-state index contributed by atoms with van der Waals surface area (Å²) >= 11 is 0. The molecule has 0 rings (SSSR count). The molecule has 0 fully saturated rings. The highest BCUT2D eigenvalue weighted by atomic mass is 28.4. The third kappa shape index (κ3) is 6.26. The van der Waals surface area contributed by atoms with Crippen molar-refractivity contribution in [2.24, 2.45) is 4.66 Å². The highest BCUT2D eigenvalue weighted by molar-refractivity contribution is 6.93. The molecule has 0 aliphatic rings. The van der Waals surface area contributed by atoms with Gasteiger partial charge in [0.25, 0.3) is 0 Å². The SMILES string of the molecule is C[Si](C)(C)/N=C(/N([Si](C)(C)C)[Si](C)(C)C)C(F)(F)F. The summed E-state index contributed by atoms with van der Waals surface area (Å²) in [5.74, 6) is -0.620. The molecule has 0 aromatic heterocycles. The third-order valence-electron chi connectivity index (χ3n) is 2.25. The minimum Gasteiger partial charge on any atom is -0.407 e. The van der Waals surface area contributed by atoms with Gasteiger partial charge in [-0.2, -0.15) is 13.2 Å². The third-order valence-corrected chi connectivity index (χ3v) is 10.3. The normalized spacial score (nSPS) is 15.7. The smallest absolute Gasteiger partial charge is 0.407 e. The lowest BCUT2D eigenvalue weighted by Gasteiger charge is -2.47. The summed E-state index contributed by atoms with van der Waals surface area (Å²) in [6, 6.07) is 0. The molecular weight excluding hydrogens is 301 g/mol. The van der Waals surface area contributed by atoms with Crippen molar-refractivity contribution in [2.75, 3.05) is 0 Å². The van der Waals surface area contributed by atoms with E-state index in [9.17, 15) is 13.2 Å². The van der Waals surface area contributed by atoms with E-state index in [4.69, 9.17) is 0 Å². The lowest BCUT2D eigenvalue weighted by Crippen LogP contribution is -2.65. The molecule has 0 aliphatic carbocycles. The molecule has 0 saturated carbocycles. The van der Waals surface area contributed by atoms with Gasteiger partial charge in [-0.05, 0) is 19.6 Å². The average Bonchev–Trinajstić information content (AvgIpc) is 1.91. The van der Waals surface area contributed by atoms with E-state index in [-0.39, 0.29) is 0 Å². The van der Waals surface area contributed by atoms with E-state index in [1.807, 2.05) is 58.9 Å². The summed E-state index contributed by atoms with van der Waals surface area (Å²) in [7, 11) is -6.44. The van der Waals surface area contributed by atoms with Crippen LogP contribution < -0.4 is 0 Å². The lowest BCUT2D eigenvalue weighted by atomic mass is 10.6. The van der Waals surface area contributed by atoms with Gasteiger partial charge >= 0.3 is 6.18 Å². The van der Waals surface area contributed by atoms with Crippen molar-refractivity contribution in [1.29, 1.82) is 0 Å². The van der Waals surface area contributed by atoms with Crippen LogP contribution in [-0.4, -0.2) is 40.9 Å². The number of rotatable bonds is 3. The Morgan fingerprint density at radius 2 is 1.11 bits per heavy atom. The predicted molar refractivity (Wildman–Crippen MR) is 85.4 cm³/mol. The number of hydrogen-bond donors (Lipinski definition) is 0. The molecule has 0 N–H and O–H groups in total. The fraction of sp³-hybridized carbons (Fsp3) is 0.909. The molecule has 0 aromatic rings. The Balaban J connectivity index is 6.04. The van der Waals surface area contributed by atoms with Crippen LogP contribution in [0.4, 0.5) is 13.2 Å². The number of amidine groups is 1. The number of halogens is 3. The van der Waals surface area contributed by atoms with E-state index >= 15 is 0 Å². The van der Waals surface area contributed by atoms with Gasteiger partial charge in [0.1, 0.15) is 16.5 Å². The molecular formula is C11H27F3N2Si3. The van der Waals surface area contributed by atoms with Gasteiger partial charge < -0.3 is 8.89 Å². The molecule has 0 bridgehead atoms. The van der Waals surface area contributed by atoms with Crippen LogP contribution in [0.5, 0.6) is 0 Å². The van der Waals surface area contributed by atoms with Gasteiger partial charge in [-0.25, -0.2) is 0 Å². The van der Waals surface area contributed by atoms with Gasteiger partial charge in [0.15, 0.2) is 14.1 Å². The molecule has 19 heavy (non-hydrogen) atoms. The molecule has 0 spiro atoms. The molecule has 0 aromatic carbocycles. The maximum atomic E-state index is 13.5. The molecule has 8 heteroatoms. The second kappa shape index (κ2) is 5.36. The Morgan fingerprint density at radius 1 is 0.789 bits per heavy atom. The van der Waals surface area contributed by atoms with Crippen LogP contribution in [0.1, 0.15) is 0 Å². The van der Waals surface area contributed by atoms with Gasteiger partial charge in [0.2, 0.25) is 0 Å². The van der Waals surface area contributed by atoms with Gasteiger partial charge in [-0.3, -0.25) is 0 Å². The molecule has 0 amide bonds. The first-order valence-electron chi connectivity index (χ1n) is 6.43. The van der Waals surface area contributed by atoms with E-state index in [0.717, 1.165) is 0 Å². The van der Waals surface area contributed by atoms with Crippen molar-refractivity contribution in [3.63, 3.8) is 0 Å². The Hall–Kier alpha value is -0.0894. The molecule has 2 nitrogen and oxygen atoms in total. The van der Waals surface area contributed by atoms with Crippen LogP contribution >= 0.6 is 0 Å². The molecule has 0 aliphatic heterocycles. The zero-order valence-corrected chi connectivity index (χ0v) is 16.5. The first kappa shape index (κ1) is 18.9. The Kier molecular flexibility index (Phi) is 5.34. The van der Waals surface area contributed by atoms with Crippen LogP contribution in [0.25, 0.3) is 0 Å². The summed E-state index contributed by atoms with van der Waals surface area (Å²) in [5.41, 5.74) is 0. The topological polar surface area (TPSA) is 15.6 Å². The van der Waals surface area contributed by atoms with Gasteiger partial charge in [-0.1, -0.05) is 39.3 Å². The summed E-state index contributed by atoms with van der Waals surface area (Å²) < 4.78 is 46.2. The molecule has 0 radical (unpaired) electrons. The lowest BCUT2D eigenvalue weighted by molar-refractivity contribution is -0.0638. The number of hydrogen-bond acceptors (Lipinski definition) is 1. The van der Waals surface area contributed by atoms with Gasteiger partial charge in [0, 0.05) is 0 Å². The fourth-order valence-corrected chi connectivity index (χ4v) is 12.9. The van der Waals surface area contributed by atoms with E-state index in [1.54, 1.807) is 4.23 Å². The highest BCUT2D eigenvalue weighted by Gasteiger charge is 2.48. The standard InChI is InChI=1S/C11H27F3N2Si3/c1-17(2,3)15-10(11(12,13)14)16(18(4,5)6)19(7,8)9/h1-9H3/b15-10+. The molecule has 0 saturated heterocycles. The molecule has 0 atom stereocenters. The van der Waals surface area contributed by atoms with E-state index in [2.05, 4.69) is 4.66 Å². The largest absolute Gasteiger partial charge is 0.446 e. The number of nitrogens with zero attached hydrogens (tertiary/aromatic N) is 2. The predicted octanol–water partition coefficient (Wildman–Crippen LogP) is 4.75. The fourth-order valence-electron chi connectivity index (χ4n) is 2.20. The Morgan fingerprint density at radius 3 is 1.26 bits per heavy atom. The van der Waals surface area contributed by atoms with Crippen molar-refractivity contribution < 1.29 is 13.2 Å². The summed E-state index contributed by atoms with van der Waals surface area (Å²) in [6.07, 6.45) is -4.36. The molecule has 0 heterocycles. The number of alkyl halides is 3. The first-order chi connectivity index (χ1) is 7.96. The second-order valence-electron chi connectivity index (χ2n) is 7.78. The second-order valence-corrected chi connectivity index (χ2v) is 22.4. The first-order valence-corrected chi connectivity index (χ1v) is 16.8. The van der Waals surface area contributed by atoms with E-state index in [1.165, 1.54) is 0 Å². The van der Waals surface area contributed by atoms with Gasteiger partial charge in [-0.15, -0.1) is 0 Å². The monoisotopic (exact) mass is 328 g/mol. The quantitative estimate of drug-likeness (QED) is 0.414.